The first kappa shape index (κ1) is 8.97. The number of pyridine rings is 1. The fourth-order valence-corrected chi connectivity index (χ4v) is 1.36. The second-order valence-corrected chi connectivity index (χ2v) is 3.43. The predicted molar refractivity (Wildman–Crippen MR) is 54.4 cm³/mol. The van der Waals surface area contributed by atoms with Gasteiger partial charge in [-0.25, -0.2) is 0 Å². The molecule has 0 aliphatic rings. The molecule has 0 spiro atoms. The zero-order chi connectivity index (χ0) is 9.97. The van der Waals surface area contributed by atoms with E-state index >= 15 is 0 Å². The summed E-state index contributed by atoms with van der Waals surface area (Å²) in [4.78, 5) is 4.10. The Morgan fingerprint density at radius 2 is 2.14 bits per heavy atom. The van der Waals surface area contributed by atoms with E-state index in [0.717, 1.165) is 5.69 Å². The minimum absolute atomic E-state index is 0.541. The minimum Gasteiger partial charge on any atom is -0.448 e. The molecule has 0 aromatic carbocycles. The quantitative estimate of drug-likeness (QED) is 0.780. The smallest absolute Gasteiger partial charge is 0.169 e. The summed E-state index contributed by atoms with van der Waals surface area (Å²) in [7, 11) is 0. The van der Waals surface area contributed by atoms with Crippen LogP contribution in [0, 0.1) is 11.3 Å². The molecule has 0 unspecified atom stereocenters. The molecule has 0 bridgehead atoms. The fourth-order valence-electron chi connectivity index (χ4n) is 1.06. The van der Waals surface area contributed by atoms with E-state index in [0.29, 0.717) is 16.0 Å². The summed E-state index contributed by atoms with van der Waals surface area (Å²) in [5.41, 5.74) is 1.26. The highest BCUT2D eigenvalue weighted by Crippen LogP contribution is 2.23. The number of halogens is 1. The van der Waals surface area contributed by atoms with Crippen LogP contribution >= 0.6 is 15.9 Å². The second kappa shape index (κ2) is 3.64. The van der Waals surface area contributed by atoms with Gasteiger partial charge in [-0.2, -0.15) is 5.26 Å². The lowest BCUT2D eigenvalue weighted by Gasteiger charge is -1.94. The van der Waals surface area contributed by atoms with Crippen LogP contribution in [0.5, 0.6) is 0 Å². The third-order valence-corrected chi connectivity index (χ3v) is 2.14. The van der Waals surface area contributed by atoms with E-state index < -0.39 is 0 Å². The highest BCUT2D eigenvalue weighted by molar-refractivity contribution is 9.10. The summed E-state index contributed by atoms with van der Waals surface area (Å²) in [6.07, 6.45) is 1.52. The lowest BCUT2D eigenvalue weighted by atomic mass is 10.2. The average molecular weight is 249 g/mol. The van der Waals surface area contributed by atoms with Crippen molar-refractivity contribution in [1.82, 2.24) is 4.98 Å². The molecule has 2 aromatic heterocycles. The third-order valence-electron chi connectivity index (χ3n) is 1.72. The van der Waals surface area contributed by atoms with Gasteiger partial charge in [-0.15, -0.1) is 0 Å². The molecule has 2 heterocycles. The molecule has 0 fully saturated rings. The maximum atomic E-state index is 8.58. The van der Waals surface area contributed by atoms with Crippen LogP contribution in [0.3, 0.4) is 0 Å². The van der Waals surface area contributed by atoms with Crippen LogP contribution in [-0.2, 0) is 0 Å². The normalized spacial score (nSPS) is 9.71. The molecule has 68 valence electrons. The minimum atomic E-state index is 0.541. The van der Waals surface area contributed by atoms with Crippen molar-refractivity contribution < 1.29 is 4.42 Å². The SMILES string of the molecule is N#Cc1ccc(-c2ccc(Br)o2)nc1. The van der Waals surface area contributed by atoms with Crippen molar-refractivity contribution in [1.29, 1.82) is 5.26 Å². The van der Waals surface area contributed by atoms with Crippen molar-refractivity contribution in [3.8, 4) is 17.5 Å². The predicted octanol–water partition coefficient (Wildman–Crippen LogP) is 2.98. The summed E-state index contributed by atoms with van der Waals surface area (Å²) in [6.45, 7) is 0. The van der Waals surface area contributed by atoms with Gasteiger partial charge >= 0.3 is 0 Å². The van der Waals surface area contributed by atoms with E-state index in [-0.39, 0.29) is 0 Å². The van der Waals surface area contributed by atoms with E-state index in [4.69, 9.17) is 9.68 Å². The summed E-state index contributed by atoms with van der Waals surface area (Å²) in [5.74, 6) is 0.682. The molecule has 0 atom stereocenters. The molecule has 0 amide bonds. The van der Waals surface area contributed by atoms with Crippen molar-refractivity contribution in [3.05, 3.63) is 40.7 Å². The average Bonchev–Trinajstić information content (AvgIpc) is 2.65. The highest BCUT2D eigenvalue weighted by Gasteiger charge is 2.03. The van der Waals surface area contributed by atoms with Crippen molar-refractivity contribution >= 4 is 15.9 Å². The van der Waals surface area contributed by atoms with Gasteiger partial charge in [0.2, 0.25) is 0 Å². The van der Waals surface area contributed by atoms with Gasteiger partial charge in [-0.3, -0.25) is 4.98 Å². The molecule has 2 aromatic rings. The molecule has 0 aliphatic heterocycles. The maximum absolute atomic E-state index is 8.58. The van der Waals surface area contributed by atoms with Crippen molar-refractivity contribution in [2.45, 2.75) is 0 Å². The molecule has 14 heavy (non-hydrogen) atoms. The largest absolute Gasteiger partial charge is 0.448 e. The molecule has 0 saturated carbocycles. The van der Waals surface area contributed by atoms with Crippen molar-refractivity contribution in [2.75, 3.05) is 0 Å². The molecule has 4 heteroatoms. The number of furan rings is 1. The van der Waals surface area contributed by atoms with Crippen LogP contribution in [0.4, 0.5) is 0 Å². The standard InChI is InChI=1S/C10H5BrN2O/c11-10-4-3-9(14-10)8-2-1-7(5-12)6-13-8/h1-4,6H. The number of hydrogen-bond acceptors (Lipinski definition) is 3. The third kappa shape index (κ3) is 1.68. The summed E-state index contributed by atoms with van der Waals surface area (Å²) >= 11 is 3.21. The van der Waals surface area contributed by atoms with Crippen molar-refractivity contribution in [3.63, 3.8) is 0 Å². The first-order valence-corrected chi connectivity index (χ1v) is 4.71. The van der Waals surface area contributed by atoms with E-state index in [2.05, 4.69) is 20.9 Å². The highest BCUT2D eigenvalue weighted by atomic mass is 79.9. The Morgan fingerprint density at radius 3 is 2.64 bits per heavy atom. The first-order valence-electron chi connectivity index (χ1n) is 3.91. The number of aromatic nitrogens is 1. The van der Waals surface area contributed by atoms with Crippen LogP contribution in [0.25, 0.3) is 11.5 Å². The Bertz CT molecular complexity index is 482. The monoisotopic (exact) mass is 248 g/mol. The van der Waals surface area contributed by atoms with Crippen LogP contribution in [-0.4, -0.2) is 4.98 Å². The summed E-state index contributed by atoms with van der Waals surface area (Å²) in [6, 6.07) is 9.09. The maximum Gasteiger partial charge on any atom is 0.169 e. The van der Waals surface area contributed by atoms with E-state index in [1.165, 1.54) is 6.20 Å². The second-order valence-electron chi connectivity index (χ2n) is 2.65. The van der Waals surface area contributed by atoms with Gasteiger partial charge < -0.3 is 4.42 Å². The molecular weight excluding hydrogens is 244 g/mol. The Balaban J connectivity index is 2.39. The van der Waals surface area contributed by atoms with Gasteiger partial charge in [-0.05, 0) is 40.2 Å². The fraction of sp³-hybridized carbons (Fsp3) is 0. The van der Waals surface area contributed by atoms with Crippen LogP contribution in [0.2, 0.25) is 0 Å². The van der Waals surface area contributed by atoms with Crippen LogP contribution in [0.1, 0.15) is 5.56 Å². The number of hydrogen-bond donors (Lipinski definition) is 0. The topological polar surface area (TPSA) is 49.8 Å². The number of rotatable bonds is 1. The number of nitrogens with zero attached hydrogens (tertiary/aromatic N) is 2. The Kier molecular flexibility index (Phi) is 2.33. The lowest BCUT2D eigenvalue weighted by molar-refractivity contribution is 0.554. The Labute approximate surface area is 89.1 Å². The van der Waals surface area contributed by atoms with Gasteiger partial charge in [0, 0.05) is 6.20 Å². The van der Waals surface area contributed by atoms with Gasteiger partial charge in [-0.1, -0.05) is 0 Å². The Hall–Kier alpha value is -1.60. The molecule has 0 saturated heterocycles. The van der Waals surface area contributed by atoms with Gasteiger partial charge in [0.05, 0.1) is 5.56 Å². The molecular formula is C10H5BrN2O. The zero-order valence-corrected chi connectivity index (χ0v) is 8.65. The Morgan fingerprint density at radius 1 is 1.29 bits per heavy atom. The van der Waals surface area contributed by atoms with Crippen LogP contribution in [0.15, 0.2) is 39.5 Å². The van der Waals surface area contributed by atoms with Gasteiger partial charge in [0.25, 0.3) is 0 Å². The molecule has 3 nitrogen and oxygen atoms in total. The summed E-state index contributed by atoms with van der Waals surface area (Å²) in [5, 5.41) is 8.58. The zero-order valence-electron chi connectivity index (χ0n) is 7.07. The lowest BCUT2D eigenvalue weighted by Crippen LogP contribution is -1.81. The molecule has 0 aliphatic carbocycles. The van der Waals surface area contributed by atoms with Crippen molar-refractivity contribution in [2.24, 2.45) is 0 Å². The van der Waals surface area contributed by atoms with Gasteiger partial charge in [0.1, 0.15) is 11.8 Å². The van der Waals surface area contributed by atoms with E-state index in [1.807, 2.05) is 12.1 Å². The molecule has 0 radical (unpaired) electrons. The summed E-state index contributed by atoms with van der Waals surface area (Å²) < 4.78 is 5.98. The van der Waals surface area contributed by atoms with E-state index in [9.17, 15) is 0 Å². The first-order chi connectivity index (χ1) is 6.79. The van der Waals surface area contributed by atoms with E-state index in [1.54, 1.807) is 18.2 Å². The van der Waals surface area contributed by atoms with Crippen LogP contribution < -0.4 is 0 Å². The number of nitriles is 1. The van der Waals surface area contributed by atoms with Gasteiger partial charge in [0.15, 0.2) is 10.4 Å². The molecule has 2 rings (SSSR count). The molecule has 0 N–H and O–H groups in total.